The Labute approximate surface area is 117 Å². The van der Waals surface area contributed by atoms with Gasteiger partial charge in [-0.25, -0.2) is 0 Å². The molecule has 2 rings (SSSR count). The van der Waals surface area contributed by atoms with Crippen molar-refractivity contribution in [3.05, 3.63) is 29.8 Å². The highest BCUT2D eigenvalue weighted by Crippen LogP contribution is 2.26. The number of hydrogen-bond acceptors (Lipinski definition) is 4. The molecule has 1 saturated carbocycles. The van der Waals surface area contributed by atoms with Gasteiger partial charge in [-0.2, -0.15) is 0 Å². The number of nitrogens with two attached hydrogens (primary N) is 1. The van der Waals surface area contributed by atoms with Crippen LogP contribution in [0.25, 0.3) is 0 Å². The van der Waals surface area contributed by atoms with Crippen LogP contribution < -0.4 is 11.1 Å². The lowest BCUT2D eigenvalue weighted by Gasteiger charge is -2.20. The quantitative estimate of drug-likeness (QED) is 0.662. The zero-order valence-electron chi connectivity index (χ0n) is 11.2. The molecular weight excluding hydrogens is 258 g/mol. The molecule has 1 aliphatic rings. The van der Waals surface area contributed by atoms with Crippen molar-refractivity contribution in [2.45, 2.75) is 18.9 Å². The molecule has 4 N–H and O–H groups in total. The summed E-state index contributed by atoms with van der Waals surface area (Å²) in [7, 11) is 0. The van der Waals surface area contributed by atoms with Gasteiger partial charge in [-0.05, 0) is 37.1 Å². The molecule has 6 heteroatoms. The Morgan fingerprint density at radius 1 is 1.30 bits per heavy atom. The van der Waals surface area contributed by atoms with Crippen molar-refractivity contribution < 1.29 is 14.7 Å². The third-order valence-corrected chi connectivity index (χ3v) is 3.25. The largest absolute Gasteiger partial charge is 0.395 e. The van der Waals surface area contributed by atoms with Crippen molar-refractivity contribution in [2.24, 2.45) is 5.73 Å². The van der Waals surface area contributed by atoms with Gasteiger partial charge in [0.05, 0.1) is 13.2 Å². The lowest BCUT2D eigenvalue weighted by atomic mass is 10.2. The average molecular weight is 277 g/mol. The Kier molecular flexibility index (Phi) is 4.70. The van der Waals surface area contributed by atoms with Gasteiger partial charge in [-0.3, -0.25) is 14.5 Å². The maximum Gasteiger partial charge on any atom is 0.248 e. The summed E-state index contributed by atoms with van der Waals surface area (Å²) in [6.07, 6.45) is 2.17. The van der Waals surface area contributed by atoms with E-state index in [1.54, 1.807) is 24.3 Å². The summed E-state index contributed by atoms with van der Waals surface area (Å²) < 4.78 is 0. The minimum absolute atomic E-state index is 0.0527. The molecule has 0 radical (unpaired) electrons. The van der Waals surface area contributed by atoms with Crippen LogP contribution in [0, 0.1) is 0 Å². The summed E-state index contributed by atoms with van der Waals surface area (Å²) in [6.45, 7) is 0.832. The molecule has 108 valence electrons. The number of nitrogens with one attached hydrogen (secondary N) is 1. The fourth-order valence-corrected chi connectivity index (χ4v) is 2.06. The van der Waals surface area contributed by atoms with Crippen LogP contribution in [0.1, 0.15) is 23.2 Å². The standard InChI is InChI=1S/C14H19N3O3/c15-14(20)10-1-3-11(4-2-10)16-13(19)9-17(7-8-18)12-5-6-12/h1-4,12,18H,5-9H2,(H2,15,20)(H,16,19). The summed E-state index contributed by atoms with van der Waals surface area (Å²) in [5.41, 5.74) is 6.18. The Morgan fingerprint density at radius 3 is 2.45 bits per heavy atom. The molecule has 6 nitrogen and oxygen atoms in total. The molecule has 0 aromatic heterocycles. The Morgan fingerprint density at radius 2 is 1.95 bits per heavy atom. The molecule has 2 amide bonds. The van der Waals surface area contributed by atoms with E-state index in [1.807, 2.05) is 4.90 Å². The average Bonchev–Trinajstić information content (AvgIpc) is 3.23. The molecule has 0 unspecified atom stereocenters. The van der Waals surface area contributed by atoms with Crippen LogP contribution in [0.4, 0.5) is 5.69 Å². The first-order valence-corrected chi connectivity index (χ1v) is 6.65. The second kappa shape index (κ2) is 6.49. The molecule has 0 spiro atoms. The van der Waals surface area contributed by atoms with E-state index in [-0.39, 0.29) is 19.1 Å². The summed E-state index contributed by atoms with van der Waals surface area (Å²) in [4.78, 5) is 24.8. The number of amides is 2. The fraction of sp³-hybridized carbons (Fsp3) is 0.429. The second-order valence-corrected chi connectivity index (χ2v) is 4.92. The van der Waals surface area contributed by atoms with Crippen LogP contribution in [0.3, 0.4) is 0 Å². The fourth-order valence-electron chi connectivity index (χ4n) is 2.06. The maximum atomic E-state index is 11.9. The van der Waals surface area contributed by atoms with Gasteiger partial charge in [0.2, 0.25) is 11.8 Å². The van der Waals surface area contributed by atoms with E-state index >= 15 is 0 Å². The van der Waals surface area contributed by atoms with Gasteiger partial charge in [-0.1, -0.05) is 0 Å². The van der Waals surface area contributed by atoms with Gasteiger partial charge in [0.25, 0.3) is 0 Å². The molecule has 1 aromatic carbocycles. The lowest BCUT2D eigenvalue weighted by molar-refractivity contribution is -0.117. The molecule has 20 heavy (non-hydrogen) atoms. The Balaban J connectivity index is 1.88. The highest BCUT2D eigenvalue weighted by Gasteiger charge is 2.29. The third-order valence-electron chi connectivity index (χ3n) is 3.25. The summed E-state index contributed by atoms with van der Waals surface area (Å²) >= 11 is 0. The van der Waals surface area contributed by atoms with Crippen molar-refractivity contribution in [1.82, 2.24) is 4.90 Å². The van der Waals surface area contributed by atoms with E-state index < -0.39 is 5.91 Å². The molecule has 0 aliphatic heterocycles. The van der Waals surface area contributed by atoms with Crippen LogP contribution in [0.5, 0.6) is 0 Å². The lowest BCUT2D eigenvalue weighted by Crippen LogP contribution is -2.36. The van der Waals surface area contributed by atoms with E-state index in [0.29, 0.717) is 23.8 Å². The number of aliphatic hydroxyl groups is 1. The van der Waals surface area contributed by atoms with E-state index in [0.717, 1.165) is 12.8 Å². The molecule has 0 atom stereocenters. The maximum absolute atomic E-state index is 11.9. The molecule has 1 fully saturated rings. The van der Waals surface area contributed by atoms with E-state index in [1.165, 1.54) is 0 Å². The van der Waals surface area contributed by atoms with Gasteiger partial charge in [0.1, 0.15) is 0 Å². The van der Waals surface area contributed by atoms with E-state index in [9.17, 15) is 9.59 Å². The number of carbonyl (C=O) groups excluding carboxylic acids is 2. The van der Waals surface area contributed by atoms with Gasteiger partial charge < -0.3 is 16.2 Å². The minimum atomic E-state index is -0.495. The highest BCUT2D eigenvalue weighted by atomic mass is 16.3. The number of nitrogens with zero attached hydrogens (tertiary/aromatic N) is 1. The minimum Gasteiger partial charge on any atom is -0.395 e. The first-order chi connectivity index (χ1) is 9.60. The van der Waals surface area contributed by atoms with Crippen molar-refractivity contribution in [2.75, 3.05) is 25.0 Å². The number of aliphatic hydroxyl groups excluding tert-OH is 1. The number of primary amides is 1. The number of rotatable bonds is 7. The van der Waals surface area contributed by atoms with E-state index in [4.69, 9.17) is 10.8 Å². The van der Waals surface area contributed by atoms with Crippen LogP contribution in [0.2, 0.25) is 0 Å². The molecule has 0 saturated heterocycles. The molecule has 1 aromatic rings. The van der Waals surface area contributed by atoms with Crippen molar-refractivity contribution >= 4 is 17.5 Å². The predicted octanol–water partition coefficient (Wildman–Crippen LogP) is 0.181. The molecule has 1 aliphatic carbocycles. The number of anilines is 1. The van der Waals surface area contributed by atoms with Crippen molar-refractivity contribution in [1.29, 1.82) is 0 Å². The van der Waals surface area contributed by atoms with Gasteiger partial charge in [0.15, 0.2) is 0 Å². The van der Waals surface area contributed by atoms with Gasteiger partial charge >= 0.3 is 0 Å². The Bertz CT molecular complexity index is 483. The predicted molar refractivity (Wildman–Crippen MR) is 75.3 cm³/mol. The third kappa shape index (κ3) is 4.04. The summed E-state index contributed by atoms with van der Waals surface area (Å²) in [5.74, 6) is -0.622. The highest BCUT2D eigenvalue weighted by molar-refractivity contribution is 5.95. The van der Waals surface area contributed by atoms with Crippen molar-refractivity contribution in [3.8, 4) is 0 Å². The summed E-state index contributed by atoms with van der Waals surface area (Å²) in [5, 5.41) is 11.7. The Hall–Kier alpha value is -1.92. The van der Waals surface area contributed by atoms with Crippen LogP contribution in [-0.2, 0) is 4.79 Å². The van der Waals surface area contributed by atoms with Crippen LogP contribution in [-0.4, -0.2) is 47.6 Å². The molecule has 0 bridgehead atoms. The molecule has 0 heterocycles. The second-order valence-electron chi connectivity index (χ2n) is 4.92. The van der Waals surface area contributed by atoms with E-state index in [2.05, 4.69) is 5.32 Å². The smallest absolute Gasteiger partial charge is 0.248 e. The summed E-state index contributed by atoms with van der Waals surface area (Å²) in [6, 6.07) is 6.86. The number of carbonyl (C=O) groups is 2. The zero-order chi connectivity index (χ0) is 14.5. The first kappa shape index (κ1) is 14.5. The first-order valence-electron chi connectivity index (χ1n) is 6.65. The SMILES string of the molecule is NC(=O)c1ccc(NC(=O)CN(CCO)C2CC2)cc1. The molecular formula is C14H19N3O3. The number of hydrogen-bond donors (Lipinski definition) is 3. The van der Waals surface area contributed by atoms with Crippen LogP contribution >= 0.6 is 0 Å². The monoisotopic (exact) mass is 277 g/mol. The van der Waals surface area contributed by atoms with Crippen LogP contribution in [0.15, 0.2) is 24.3 Å². The normalized spacial score (nSPS) is 14.3. The zero-order valence-corrected chi connectivity index (χ0v) is 11.2. The number of benzene rings is 1. The topological polar surface area (TPSA) is 95.7 Å². The van der Waals surface area contributed by atoms with Gasteiger partial charge in [0, 0.05) is 23.8 Å². The van der Waals surface area contributed by atoms with Crippen molar-refractivity contribution in [3.63, 3.8) is 0 Å². The van der Waals surface area contributed by atoms with Gasteiger partial charge in [-0.15, -0.1) is 0 Å².